The first-order valence-electron chi connectivity index (χ1n) is 11.8. The SMILES string of the molecule is O=C(Cn1c(CC(=O)N2CCCC2)nc2ccccc21)Nc1nc2c(s1)CCc1ccccc1-2. The summed E-state index contributed by atoms with van der Waals surface area (Å²) in [5.41, 5.74) is 5.08. The van der Waals surface area contributed by atoms with Crippen molar-refractivity contribution in [2.75, 3.05) is 18.4 Å². The molecule has 2 aromatic carbocycles. The number of likely N-dealkylation sites (tertiary alicyclic amines) is 1. The fraction of sp³-hybridized carbons (Fsp3) is 0.308. The highest BCUT2D eigenvalue weighted by molar-refractivity contribution is 7.16. The highest BCUT2D eigenvalue weighted by Crippen LogP contribution is 2.38. The number of anilines is 1. The van der Waals surface area contributed by atoms with Gasteiger partial charge in [0.05, 0.1) is 23.1 Å². The Labute approximate surface area is 201 Å². The number of rotatable bonds is 5. The van der Waals surface area contributed by atoms with Crippen molar-refractivity contribution in [2.45, 2.75) is 38.6 Å². The first kappa shape index (κ1) is 21.0. The maximum atomic E-state index is 13.1. The number of carbonyl (C=O) groups is 2. The van der Waals surface area contributed by atoms with Gasteiger partial charge in [-0.3, -0.25) is 9.59 Å². The largest absolute Gasteiger partial charge is 0.342 e. The number of imidazole rings is 1. The zero-order valence-electron chi connectivity index (χ0n) is 18.8. The Morgan fingerprint density at radius 2 is 1.76 bits per heavy atom. The second-order valence-electron chi connectivity index (χ2n) is 8.86. The lowest BCUT2D eigenvalue weighted by Crippen LogP contribution is -2.30. The number of fused-ring (bicyclic) bond motifs is 4. The van der Waals surface area contributed by atoms with Crippen molar-refractivity contribution in [3.63, 3.8) is 0 Å². The van der Waals surface area contributed by atoms with Gasteiger partial charge in [0.15, 0.2) is 5.13 Å². The summed E-state index contributed by atoms with van der Waals surface area (Å²) in [4.78, 5) is 38.4. The monoisotopic (exact) mass is 471 g/mol. The molecule has 0 unspecified atom stereocenters. The Bertz CT molecular complexity index is 1400. The maximum Gasteiger partial charge on any atom is 0.246 e. The van der Waals surface area contributed by atoms with Crippen LogP contribution in [-0.2, 0) is 35.4 Å². The molecule has 1 saturated heterocycles. The van der Waals surface area contributed by atoms with Crippen LogP contribution in [0.5, 0.6) is 0 Å². The number of aromatic nitrogens is 3. The van der Waals surface area contributed by atoms with E-state index in [1.54, 1.807) is 11.3 Å². The highest BCUT2D eigenvalue weighted by atomic mass is 32.1. The number of benzene rings is 2. The maximum absolute atomic E-state index is 13.1. The molecule has 2 amide bonds. The highest BCUT2D eigenvalue weighted by Gasteiger charge is 2.24. The fourth-order valence-electron chi connectivity index (χ4n) is 4.96. The number of aryl methyl sites for hydroxylation is 2. The van der Waals surface area contributed by atoms with Gasteiger partial charge in [0.1, 0.15) is 12.4 Å². The Morgan fingerprint density at radius 1 is 0.971 bits per heavy atom. The number of hydrogen-bond donors (Lipinski definition) is 1. The van der Waals surface area contributed by atoms with E-state index >= 15 is 0 Å². The van der Waals surface area contributed by atoms with Gasteiger partial charge in [-0.25, -0.2) is 9.97 Å². The smallest absolute Gasteiger partial charge is 0.246 e. The number of amides is 2. The zero-order valence-corrected chi connectivity index (χ0v) is 19.6. The molecule has 7 nitrogen and oxygen atoms in total. The minimum atomic E-state index is -0.169. The van der Waals surface area contributed by atoms with Crippen LogP contribution in [0.1, 0.15) is 29.1 Å². The Hall–Kier alpha value is -3.52. The van der Waals surface area contributed by atoms with Crippen molar-refractivity contribution in [3.05, 3.63) is 64.8 Å². The van der Waals surface area contributed by atoms with E-state index in [2.05, 4.69) is 28.5 Å². The van der Waals surface area contributed by atoms with Crippen LogP contribution in [0.3, 0.4) is 0 Å². The van der Waals surface area contributed by atoms with Crippen molar-refractivity contribution in [2.24, 2.45) is 0 Å². The fourth-order valence-corrected chi connectivity index (χ4v) is 5.95. The summed E-state index contributed by atoms with van der Waals surface area (Å²) < 4.78 is 1.86. The third-order valence-corrected chi connectivity index (χ3v) is 7.67. The molecule has 3 heterocycles. The number of nitrogens with one attached hydrogen (secondary N) is 1. The molecular formula is C26H25N5O2S. The van der Waals surface area contributed by atoms with Crippen molar-refractivity contribution in [3.8, 4) is 11.3 Å². The van der Waals surface area contributed by atoms with E-state index in [9.17, 15) is 9.59 Å². The molecule has 2 aliphatic rings. The standard InChI is InChI=1S/C26H25N5O2S/c32-23(28-26-29-25-18-8-2-1-7-17(18)11-12-21(25)34-26)16-31-20-10-4-3-9-19(20)27-22(31)15-24(33)30-13-5-6-14-30/h1-4,7-10H,5-6,11-16H2,(H,28,29,32). The van der Waals surface area contributed by atoms with Crippen LogP contribution in [0.2, 0.25) is 0 Å². The first-order chi connectivity index (χ1) is 16.7. The van der Waals surface area contributed by atoms with E-state index < -0.39 is 0 Å². The average Bonchev–Trinajstić information content (AvgIpc) is 3.58. The van der Waals surface area contributed by atoms with Gasteiger partial charge in [-0.15, -0.1) is 11.3 Å². The zero-order chi connectivity index (χ0) is 23.1. The Kier molecular flexibility index (Phi) is 5.37. The lowest BCUT2D eigenvalue weighted by atomic mass is 9.94. The number of thiazole rings is 1. The first-order valence-corrected chi connectivity index (χ1v) is 12.6. The third kappa shape index (κ3) is 3.88. The summed E-state index contributed by atoms with van der Waals surface area (Å²) in [6, 6.07) is 16.0. The molecule has 2 aromatic heterocycles. The van der Waals surface area contributed by atoms with Crippen LogP contribution < -0.4 is 5.32 Å². The molecule has 0 radical (unpaired) electrons. The summed E-state index contributed by atoms with van der Waals surface area (Å²) in [7, 11) is 0. The van der Waals surface area contributed by atoms with Crippen LogP contribution in [0.25, 0.3) is 22.3 Å². The molecule has 1 fully saturated rings. The van der Waals surface area contributed by atoms with E-state index in [0.717, 1.165) is 61.1 Å². The molecule has 1 N–H and O–H groups in total. The predicted octanol–water partition coefficient (Wildman–Crippen LogP) is 4.06. The molecule has 8 heteroatoms. The number of carbonyl (C=O) groups excluding carboxylic acids is 2. The quantitative estimate of drug-likeness (QED) is 0.476. The topological polar surface area (TPSA) is 80.1 Å². The molecule has 6 rings (SSSR count). The second-order valence-corrected chi connectivity index (χ2v) is 9.95. The molecule has 0 saturated carbocycles. The van der Waals surface area contributed by atoms with Crippen molar-refractivity contribution in [1.82, 2.24) is 19.4 Å². The van der Waals surface area contributed by atoms with Crippen molar-refractivity contribution < 1.29 is 9.59 Å². The molecule has 4 aromatic rings. The van der Waals surface area contributed by atoms with E-state index in [1.807, 2.05) is 39.8 Å². The normalized spacial score (nSPS) is 14.8. The van der Waals surface area contributed by atoms with E-state index in [0.29, 0.717) is 11.0 Å². The summed E-state index contributed by atoms with van der Waals surface area (Å²) in [6.07, 6.45) is 4.23. The van der Waals surface area contributed by atoms with E-state index in [1.165, 1.54) is 10.4 Å². The van der Waals surface area contributed by atoms with Gasteiger partial charge in [-0.2, -0.15) is 0 Å². The molecule has 0 spiro atoms. The summed E-state index contributed by atoms with van der Waals surface area (Å²) in [5.74, 6) is 0.527. The van der Waals surface area contributed by atoms with Gasteiger partial charge in [0.2, 0.25) is 11.8 Å². The lowest BCUT2D eigenvalue weighted by Gasteiger charge is -2.15. The molecule has 0 bridgehead atoms. The van der Waals surface area contributed by atoms with Crippen LogP contribution in [-0.4, -0.2) is 44.3 Å². The minimum Gasteiger partial charge on any atom is -0.342 e. The van der Waals surface area contributed by atoms with Crippen LogP contribution in [0, 0.1) is 0 Å². The van der Waals surface area contributed by atoms with Gasteiger partial charge >= 0.3 is 0 Å². The van der Waals surface area contributed by atoms with E-state index in [-0.39, 0.29) is 24.8 Å². The number of nitrogens with zero attached hydrogens (tertiary/aromatic N) is 4. The lowest BCUT2D eigenvalue weighted by molar-refractivity contribution is -0.129. The Morgan fingerprint density at radius 3 is 2.65 bits per heavy atom. The third-order valence-electron chi connectivity index (χ3n) is 6.64. The summed E-state index contributed by atoms with van der Waals surface area (Å²) >= 11 is 1.55. The van der Waals surface area contributed by atoms with Gasteiger partial charge < -0.3 is 14.8 Å². The summed E-state index contributed by atoms with van der Waals surface area (Å²) in [5, 5.41) is 3.61. The van der Waals surface area contributed by atoms with Crippen molar-refractivity contribution in [1.29, 1.82) is 0 Å². The molecule has 34 heavy (non-hydrogen) atoms. The van der Waals surface area contributed by atoms with Crippen LogP contribution >= 0.6 is 11.3 Å². The predicted molar refractivity (Wildman–Crippen MR) is 133 cm³/mol. The average molecular weight is 472 g/mol. The van der Waals surface area contributed by atoms with Gasteiger partial charge in [-0.1, -0.05) is 36.4 Å². The molecule has 0 atom stereocenters. The minimum absolute atomic E-state index is 0.0701. The van der Waals surface area contributed by atoms with Gasteiger partial charge in [-0.05, 0) is 43.4 Å². The number of para-hydroxylation sites is 2. The Balaban J connectivity index is 1.24. The van der Waals surface area contributed by atoms with Crippen molar-refractivity contribution >= 4 is 39.3 Å². The molecule has 172 valence electrons. The van der Waals surface area contributed by atoms with Gasteiger partial charge in [0.25, 0.3) is 0 Å². The van der Waals surface area contributed by atoms with Crippen LogP contribution in [0.15, 0.2) is 48.5 Å². The van der Waals surface area contributed by atoms with E-state index in [4.69, 9.17) is 4.98 Å². The number of hydrogen-bond acceptors (Lipinski definition) is 5. The van der Waals surface area contributed by atoms with Gasteiger partial charge in [0, 0.05) is 23.5 Å². The summed E-state index contributed by atoms with van der Waals surface area (Å²) in [6.45, 7) is 1.69. The molecule has 1 aliphatic carbocycles. The molecular weight excluding hydrogens is 446 g/mol. The second kappa shape index (κ2) is 8.68. The molecule has 1 aliphatic heterocycles. The van der Waals surface area contributed by atoms with Crippen LogP contribution in [0.4, 0.5) is 5.13 Å².